The molecular weight excluding hydrogens is 570 g/mol. The molecule has 0 unspecified atom stereocenters. The molecule has 0 saturated heterocycles. The molecule has 2 amide bonds. The van der Waals surface area contributed by atoms with Crippen molar-refractivity contribution in [3.8, 4) is 0 Å². The number of hydrogen-bond acceptors (Lipinski definition) is 3. The summed E-state index contributed by atoms with van der Waals surface area (Å²) in [7, 11) is -1.96. The van der Waals surface area contributed by atoms with E-state index in [0.717, 1.165) is 54.5 Å². The average Bonchev–Trinajstić information content (AvgIpc) is 3.60. The highest BCUT2D eigenvalue weighted by molar-refractivity contribution is 9.10. The molecule has 198 valence electrons. The Morgan fingerprint density at radius 2 is 1.69 bits per heavy atom. The van der Waals surface area contributed by atoms with E-state index in [0.29, 0.717) is 11.1 Å². The van der Waals surface area contributed by atoms with Crippen LogP contribution in [0.1, 0.15) is 53.9 Å². The quantitative estimate of drug-likeness (QED) is 0.125. The molecule has 2 aromatic heterocycles. The summed E-state index contributed by atoms with van der Waals surface area (Å²) in [6, 6.07) is 14.2. The van der Waals surface area contributed by atoms with Gasteiger partial charge in [0.25, 0.3) is 11.8 Å². The first kappa shape index (κ1) is 24.8. The van der Waals surface area contributed by atoms with Crippen molar-refractivity contribution >= 4 is 79.7 Å². The van der Waals surface area contributed by atoms with Crippen molar-refractivity contribution in [3.05, 3.63) is 70.2 Å². The lowest BCUT2D eigenvalue weighted by molar-refractivity contribution is 0.0880. The Kier molecular flexibility index (Phi) is 5.19. The zero-order chi connectivity index (χ0) is 27.4. The summed E-state index contributed by atoms with van der Waals surface area (Å²) in [5.74, 6) is -0.682. The zero-order valence-corrected chi connectivity index (χ0v) is 25.2. The van der Waals surface area contributed by atoms with E-state index < -0.39 is 8.32 Å². The molecule has 8 heteroatoms. The number of nitrogens with one attached hydrogen (secondary N) is 2. The molecule has 0 radical (unpaired) electrons. The van der Waals surface area contributed by atoms with Crippen LogP contribution in [0.15, 0.2) is 59.1 Å². The Balaban J connectivity index is 1.53. The van der Waals surface area contributed by atoms with Crippen molar-refractivity contribution in [2.45, 2.75) is 57.5 Å². The molecule has 1 aliphatic heterocycles. The lowest BCUT2D eigenvalue weighted by Gasteiger charge is -2.38. The Morgan fingerprint density at radius 1 is 0.974 bits per heavy atom. The fourth-order valence-electron chi connectivity index (χ4n) is 6.12. The fraction of sp³-hybridized carbons (Fsp3) is 0.290. The van der Waals surface area contributed by atoms with Gasteiger partial charge < -0.3 is 14.0 Å². The van der Waals surface area contributed by atoms with Gasteiger partial charge in [-0.3, -0.25) is 14.9 Å². The number of para-hydroxylation sites is 1. The molecule has 2 N–H and O–H groups in total. The van der Waals surface area contributed by atoms with Crippen LogP contribution in [-0.4, -0.2) is 35.8 Å². The molecule has 0 fully saturated rings. The van der Waals surface area contributed by atoms with E-state index in [4.69, 9.17) is 4.43 Å². The first-order valence-electron chi connectivity index (χ1n) is 13.4. The standard InChI is InChI=1S/C31H30BrN3O3Si/c1-31(2,3)39(4,5)38-18-12-11-17(15-18)35-22-9-7-6-8-19(22)24-26-25(29(36)34-30(26)37)23-20-14-16(32)10-13-21(20)33-27(23)28(24)35/h6-14,17-18,33H,15H2,1-5H3,(H,34,36,37)/t17-,18+/m0/s1. The van der Waals surface area contributed by atoms with Gasteiger partial charge in [-0.25, -0.2) is 0 Å². The van der Waals surface area contributed by atoms with Gasteiger partial charge in [0.15, 0.2) is 8.32 Å². The maximum atomic E-state index is 13.3. The number of rotatable bonds is 3. The third-order valence-electron chi connectivity index (χ3n) is 8.94. The Bertz CT molecular complexity index is 1920. The van der Waals surface area contributed by atoms with Crippen molar-refractivity contribution in [3.63, 3.8) is 0 Å². The van der Waals surface area contributed by atoms with Gasteiger partial charge in [-0.05, 0) is 42.4 Å². The van der Waals surface area contributed by atoms with E-state index in [1.807, 2.05) is 30.3 Å². The summed E-state index contributed by atoms with van der Waals surface area (Å²) in [5.41, 5.74) is 4.71. The lowest BCUT2D eigenvalue weighted by Crippen LogP contribution is -2.43. The third-order valence-corrected chi connectivity index (χ3v) is 13.9. The van der Waals surface area contributed by atoms with Crippen LogP contribution in [0.3, 0.4) is 0 Å². The number of imide groups is 1. The van der Waals surface area contributed by atoms with Crippen LogP contribution in [-0.2, 0) is 4.43 Å². The van der Waals surface area contributed by atoms with Gasteiger partial charge >= 0.3 is 0 Å². The number of benzene rings is 3. The van der Waals surface area contributed by atoms with Gasteiger partial charge in [0.2, 0.25) is 0 Å². The molecule has 0 spiro atoms. The van der Waals surface area contributed by atoms with Gasteiger partial charge in [0, 0.05) is 43.5 Å². The molecule has 0 bridgehead atoms. The van der Waals surface area contributed by atoms with Crippen molar-refractivity contribution in [2.75, 3.05) is 0 Å². The Labute approximate surface area is 235 Å². The second-order valence-corrected chi connectivity index (χ2v) is 18.0. The summed E-state index contributed by atoms with van der Waals surface area (Å²) < 4.78 is 10.0. The number of fused-ring (bicyclic) bond motifs is 10. The zero-order valence-electron chi connectivity index (χ0n) is 22.6. The summed E-state index contributed by atoms with van der Waals surface area (Å²) >= 11 is 3.59. The monoisotopic (exact) mass is 599 g/mol. The maximum Gasteiger partial charge on any atom is 0.259 e. The van der Waals surface area contributed by atoms with E-state index in [2.05, 4.69) is 88.9 Å². The van der Waals surface area contributed by atoms with Crippen molar-refractivity contribution < 1.29 is 14.0 Å². The van der Waals surface area contributed by atoms with Crippen LogP contribution in [0.5, 0.6) is 0 Å². The number of carbonyl (C=O) groups is 2. The SMILES string of the molecule is CC(C)(C)[Si](C)(C)O[C@@H]1C=C[C@H](n2c3ccccc3c3c4c(c5c6cc(Br)ccc6[nH]c5c32)C(=O)NC4=O)C1. The Morgan fingerprint density at radius 3 is 2.44 bits per heavy atom. The molecule has 5 aromatic rings. The number of H-pyrrole nitrogens is 1. The number of halogens is 1. The molecule has 2 aliphatic rings. The van der Waals surface area contributed by atoms with Gasteiger partial charge in [0.1, 0.15) is 0 Å². The number of nitrogens with zero attached hydrogens (tertiary/aromatic N) is 1. The first-order chi connectivity index (χ1) is 18.5. The highest BCUT2D eigenvalue weighted by atomic mass is 79.9. The highest BCUT2D eigenvalue weighted by Crippen LogP contribution is 2.47. The molecule has 39 heavy (non-hydrogen) atoms. The second-order valence-electron chi connectivity index (χ2n) is 12.3. The molecule has 3 aromatic carbocycles. The number of allylic oxidation sites excluding steroid dienone is 1. The summed E-state index contributed by atoms with van der Waals surface area (Å²) in [4.78, 5) is 30.2. The predicted molar refractivity (Wildman–Crippen MR) is 163 cm³/mol. The van der Waals surface area contributed by atoms with Crippen LogP contribution in [0.2, 0.25) is 18.1 Å². The van der Waals surface area contributed by atoms with Crippen LogP contribution >= 0.6 is 15.9 Å². The molecular formula is C31H30BrN3O3Si. The normalized spacial score (nSPS) is 19.7. The first-order valence-corrected chi connectivity index (χ1v) is 17.1. The minimum Gasteiger partial charge on any atom is -0.410 e. The molecule has 1 aliphatic carbocycles. The highest BCUT2D eigenvalue weighted by Gasteiger charge is 2.41. The number of aromatic amines is 1. The minimum atomic E-state index is -1.96. The predicted octanol–water partition coefficient (Wildman–Crippen LogP) is 7.97. The van der Waals surface area contributed by atoms with E-state index in [1.54, 1.807) is 0 Å². The lowest BCUT2D eigenvalue weighted by atomic mass is 9.96. The van der Waals surface area contributed by atoms with Crippen LogP contribution < -0.4 is 5.32 Å². The van der Waals surface area contributed by atoms with E-state index in [-0.39, 0.29) is 29.0 Å². The van der Waals surface area contributed by atoms with Crippen LogP contribution in [0, 0.1) is 0 Å². The maximum absolute atomic E-state index is 13.3. The van der Waals surface area contributed by atoms with Gasteiger partial charge in [0.05, 0.1) is 34.3 Å². The molecule has 2 atom stereocenters. The number of hydrogen-bond donors (Lipinski definition) is 2. The molecule has 6 nitrogen and oxygen atoms in total. The third kappa shape index (κ3) is 3.47. The summed E-state index contributed by atoms with van der Waals surface area (Å²) in [5, 5.41) is 6.21. The van der Waals surface area contributed by atoms with Crippen LogP contribution in [0.25, 0.3) is 43.6 Å². The minimum absolute atomic E-state index is 0.0283. The Hall–Kier alpha value is -3.20. The van der Waals surface area contributed by atoms with Gasteiger partial charge in [-0.2, -0.15) is 0 Å². The number of carbonyl (C=O) groups excluding carboxylic acids is 2. The molecule has 0 saturated carbocycles. The summed E-state index contributed by atoms with van der Waals surface area (Å²) in [6.45, 7) is 11.4. The molecule has 7 rings (SSSR count). The average molecular weight is 601 g/mol. The number of aromatic nitrogens is 2. The smallest absolute Gasteiger partial charge is 0.259 e. The van der Waals surface area contributed by atoms with Gasteiger partial charge in [-0.1, -0.05) is 67.1 Å². The fourth-order valence-corrected chi connectivity index (χ4v) is 7.77. The van der Waals surface area contributed by atoms with Gasteiger partial charge in [-0.15, -0.1) is 0 Å². The van der Waals surface area contributed by atoms with Crippen molar-refractivity contribution in [2.24, 2.45) is 0 Å². The van der Waals surface area contributed by atoms with E-state index in [1.165, 1.54) is 0 Å². The second kappa shape index (κ2) is 8.16. The van der Waals surface area contributed by atoms with Crippen LogP contribution in [0.4, 0.5) is 0 Å². The number of amides is 2. The summed E-state index contributed by atoms with van der Waals surface area (Å²) in [6.07, 6.45) is 5.29. The topological polar surface area (TPSA) is 76.1 Å². The van der Waals surface area contributed by atoms with Crippen molar-refractivity contribution in [1.29, 1.82) is 0 Å². The van der Waals surface area contributed by atoms with E-state index in [9.17, 15) is 9.59 Å². The molecule has 3 heterocycles. The van der Waals surface area contributed by atoms with Crippen molar-refractivity contribution in [1.82, 2.24) is 14.9 Å². The van der Waals surface area contributed by atoms with E-state index >= 15 is 0 Å². The largest absolute Gasteiger partial charge is 0.410 e.